The van der Waals surface area contributed by atoms with Crippen LogP contribution in [0, 0.1) is 5.92 Å². The van der Waals surface area contributed by atoms with Gasteiger partial charge in [0.2, 0.25) is 0 Å². The number of carbonyl (C=O) groups is 1. The molecular weight excluding hydrogens is 208 g/mol. The van der Waals surface area contributed by atoms with Crippen LogP contribution in [0.1, 0.15) is 27.2 Å². The largest absolute Gasteiger partial charge is 0.466 e. The molecule has 4 heteroatoms. The van der Waals surface area contributed by atoms with Gasteiger partial charge in [-0.3, -0.25) is 4.79 Å². The second-order valence-corrected chi connectivity index (χ2v) is 4.28. The standard InChI is InChI=1S/C12H20O4/c1-5-9(7-11(13)14-6-2)10-8-15-12(3,4)16-10/h5,9-10H,1,6-8H2,2-4H3/t9-,10-/m0/s1. The Morgan fingerprint density at radius 1 is 1.69 bits per heavy atom. The van der Waals surface area contributed by atoms with Crippen molar-refractivity contribution < 1.29 is 19.0 Å². The van der Waals surface area contributed by atoms with E-state index in [0.29, 0.717) is 19.6 Å². The summed E-state index contributed by atoms with van der Waals surface area (Å²) in [6, 6.07) is 0. The molecule has 1 rings (SSSR count). The maximum Gasteiger partial charge on any atom is 0.306 e. The lowest BCUT2D eigenvalue weighted by atomic mass is 9.99. The summed E-state index contributed by atoms with van der Waals surface area (Å²) in [5, 5.41) is 0. The molecule has 0 unspecified atom stereocenters. The lowest BCUT2D eigenvalue weighted by Gasteiger charge is -2.21. The molecule has 1 heterocycles. The zero-order chi connectivity index (χ0) is 12.2. The van der Waals surface area contributed by atoms with E-state index in [1.54, 1.807) is 13.0 Å². The molecule has 16 heavy (non-hydrogen) atoms. The van der Waals surface area contributed by atoms with Crippen LogP contribution in [0.4, 0.5) is 0 Å². The van der Waals surface area contributed by atoms with Gasteiger partial charge >= 0.3 is 5.97 Å². The first kappa shape index (κ1) is 13.2. The monoisotopic (exact) mass is 228 g/mol. The van der Waals surface area contributed by atoms with E-state index in [1.807, 2.05) is 13.8 Å². The van der Waals surface area contributed by atoms with Gasteiger partial charge in [-0.05, 0) is 20.8 Å². The molecule has 0 aromatic rings. The number of esters is 1. The van der Waals surface area contributed by atoms with Crippen LogP contribution in [0.3, 0.4) is 0 Å². The van der Waals surface area contributed by atoms with Crippen molar-refractivity contribution >= 4 is 5.97 Å². The summed E-state index contributed by atoms with van der Waals surface area (Å²) >= 11 is 0. The van der Waals surface area contributed by atoms with Gasteiger partial charge in [0.1, 0.15) is 0 Å². The summed E-state index contributed by atoms with van der Waals surface area (Å²) in [5.74, 6) is -0.845. The second-order valence-electron chi connectivity index (χ2n) is 4.28. The van der Waals surface area contributed by atoms with E-state index < -0.39 is 5.79 Å². The van der Waals surface area contributed by atoms with Crippen molar-refractivity contribution in [2.24, 2.45) is 5.92 Å². The van der Waals surface area contributed by atoms with E-state index in [2.05, 4.69) is 6.58 Å². The summed E-state index contributed by atoms with van der Waals surface area (Å²) in [6.45, 7) is 10.1. The van der Waals surface area contributed by atoms with Crippen molar-refractivity contribution in [3.05, 3.63) is 12.7 Å². The second kappa shape index (κ2) is 5.46. The number of hydrogen-bond acceptors (Lipinski definition) is 4. The highest BCUT2D eigenvalue weighted by atomic mass is 16.7. The molecule has 0 aromatic carbocycles. The molecule has 1 saturated heterocycles. The first-order valence-electron chi connectivity index (χ1n) is 5.58. The highest BCUT2D eigenvalue weighted by Gasteiger charge is 2.37. The molecule has 2 atom stereocenters. The third-order valence-corrected chi connectivity index (χ3v) is 2.52. The minimum absolute atomic E-state index is 0.0548. The third kappa shape index (κ3) is 3.61. The van der Waals surface area contributed by atoms with Crippen LogP contribution in [0.15, 0.2) is 12.7 Å². The topological polar surface area (TPSA) is 44.8 Å². The molecule has 0 N–H and O–H groups in total. The van der Waals surface area contributed by atoms with Crippen molar-refractivity contribution in [3.8, 4) is 0 Å². The van der Waals surface area contributed by atoms with Gasteiger partial charge < -0.3 is 14.2 Å². The average molecular weight is 228 g/mol. The summed E-state index contributed by atoms with van der Waals surface area (Å²) < 4.78 is 16.0. The molecule has 0 amide bonds. The first-order chi connectivity index (χ1) is 7.48. The predicted molar refractivity (Wildman–Crippen MR) is 59.8 cm³/mol. The number of ether oxygens (including phenoxy) is 3. The molecule has 0 radical (unpaired) electrons. The van der Waals surface area contributed by atoms with E-state index in [0.717, 1.165) is 0 Å². The number of rotatable bonds is 5. The quantitative estimate of drug-likeness (QED) is 0.532. The lowest BCUT2D eigenvalue weighted by Crippen LogP contribution is -2.27. The van der Waals surface area contributed by atoms with E-state index in [-0.39, 0.29) is 18.0 Å². The van der Waals surface area contributed by atoms with Gasteiger partial charge in [0.25, 0.3) is 0 Å². The van der Waals surface area contributed by atoms with Gasteiger partial charge in [0.15, 0.2) is 5.79 Å². The SMILES string of the molecule is C=C[C@@H](CC(=O)OCC)[C@@H]1COC(C)(C)O1. The van der Waals surface area contributed by atoms with Gasteiger partial charge in [0, 0.05) is 5.92 Å². The van der Waals surface area contributed by atoms with Gasteiger partial charge in [-0.15, -0.1) is 6.58 Å². The van der Waals surface area contributed by atoms with Crippen LogP contribution < -0.4 is 0 Å². The fraction of sp³-hybridized carbons (Fsp3) is 0.750. The Balaban J connectivity index is 2.49. The molecule has 92 valence electrons. The fourth-order valence-corrected chi connectivity index (χ4v) is 1.71. The normalized spacial score (nSPS) is 25.1. The zero-order valence-electron chi connectivity index (χ0n) is 10.2. The molecule has 1 aliphatic heterocycles. The van der Waals surface area contributed by atoms with Crippen LogP contribution >= 0.6 is 0 Å². The molecular formula is C12H20O4. The third-order valence-electron chi connectivity index (χ3n) is 2.52. The highest BCUT2D eigenvalue weighted by Crippen LogP contribution is 2.28. The van der Waals surface area contributed by atoms with E-state index in [4.69, 9.17) is 14.2 Å². The van der Waals surface area contributed by atoms with Gasteiger partial charge in [0.05, 0.1) is 25.7 Å². The fourth-order valence-electron chi connectivity index (χ4n) is 1.71. The highest BCUT2D eigenvalue weighted by molar-refractivity contribution is 5.70. The number of carbonyl (C=O) groups excluding carboxylic acids is 1. The Morgan fingerprint density at radius 3 is 2.81 bits per heavy atom. The molecule has 0 aromatic heterocycles. The zero-order valence-corrected chi connectivity index (χ0v) is 10.2. The van der Waals surface area contributed by atoms with Crippen molar-refractivity contribution in [3.63, 3.8) is 0 Å². The van der Waals surface area contributed by atoms with Crippen molar-refractivity contribution in [2.75, 3.05) is 13.2 Å². The molecule has 0 bridgehead atoms. The Bertz CT molecular complexity index is 260. The van der Waals surface area contributed by atoms with Crippen molar-refractivity contribution in [1.29, 1.82) is 0 Å². The summed E-state index contributed by atoms with van der Waals surface area (Å²) in [6.07, 6.45) is 1.91. The van der Waals surface area contributed by atoms with Crippen molar-refractivity contribution in [1.82, 2.24) is 0 Å². The Labute approximate surface area is 96.6 Å². The predicted octanol–water partition coefficient (Wildman–Crippen LogP) is 1.89. The van der Waals surface area contributed by atoms with E-state index in [1.165, 1.54) is 0 Å². The van der Waals surface area contributed by atoms with E-state index in [9.17, 15) is 4.79 Å². The molecule has 0 spiro atoms. The minimum atomic E-state index is -0.569. The van der Waals surface area contributed by atoms with Crippen LogP contribution in [0.25, 0.3) is 0 Å². The Hall–Kier alpha value is -0.870. The first-order valence-corrected chi connectivity index (χ1v) is 5.58. The van der Waals surface area contributed by atoms with E-state index >= 15 is 0 Å². The van der Waals surface area contributed by atoms with Gasteiger partial charge in [-0.2, -0.15) is 0 Å². The maximum absolute atomic E-state index is 11.4. The molecule has 4 nitrogen and oxygen atoms in total. The van der Waals surface area contributed by atoms with Crippen LogP contribution in [-0.4, -0.2) is 31.1 Å². The van der Waals surface area contributed by atoms with Crippen LogP contribution in [0.5, 0.6) is 0 Å². The van der Waals surface area contributed by atoms with Crippen molar-refractivity contribution in [2.45, 2.75) is 39.1 Å². The smallest absolute Gasteiger partial charge is 0.306 e. The molecule has 1 fully saturated rings. The van der Waals surface area contributed by atoms with Gasteiger partial charge in [-0.1, -0.05) is 6.08 Å². The average Bonchev–Trinajstić information content (AvgIpc) is 2.55. The lowest BCUT2D eigenvalue weighted by molar-refractivity contribution is -0.151. The maximum atomic E-state index is 11.4. The minimum Gasteiger partial charge on any atom is -0.466 e. The van der Waals surface area contributed by atoms with Crippen LogP contribution in [-0.2, 0) is 19.0 Å². The Morgan fingerprint density at radius 2 is 2.38 bits per heavy atom. The Kier molecular flexibility index (Phi) is 4.50. The molecule has 1 aliphatic rings. The summed E-state index contributed by atoms with van der Waals surface area (Å²) in [7, 11) is 0. The molecule has 0 saturated carbocycles. The molecule has 0 aliphatic carbocycles. The van der Waals surface area contributed by atoms with Crippen LogP contribution in [0.2, 0.25) is 0 Å². The van der Waals surface area contributed by atoms with Gasteiger partial charge in [-0.25, -0.2) is 0 Å². The summed E-state index contributed by atoms with van der Waals surface area (Å²) in [4.78, 5) is 11.4. The number of hydrogen-bond donors (Lipinski definition) is 0. The summed E-state index contributed by atoms with van der Waals surface area (Å²) in [5.41, 5.74) is 0.